The fourth-order valence-corrected chi connectivity index (χ4v) is 2.84. The first-order chi connectivity index (χ1) is 8.86. The van der Waals surface area contributed by atoms with Crippen LogP contribution in [0.3, 0.4) is 0 Å². The van der Waals surface area contributed by atoms with Crippen LogP contribution in [0.5, 0.6) is 0 Å². The molecule has 100 valence electrons. The van der Waals surface area contributed by atoms with Crippen LogP contribution < -0.4 is 10.2 Å². The number of nitrogens with zero attached hydrogens (tertiary/aromatic N) is 2. The topological polar surface area (TPSA) is 28.2 Å². The standard InChI is InChI=1S/C15H25N3/c1-3-14-7-5-6-10-18(14)15-8-9-17-12-13(15)11-16-4-2/h8-9,12,14,16H,3-7,10-11H2,1-2H3. The number of rotatable bonds is 5. The summed E-state index contributed by atoms with van der Waals surface area (Å²) in [5, 5.41) is 3.41. The highest BCUT2D eigenvalue weighted by Gasteiger charge is 2.22. The average molecular weight is 247 g/mol. The van der Waals surface area contributed by atoms with E-state index in [1.54, 1.807) is 0 Å². The van der Waals surface area contributed by atoms with Gasteiger partial charge in [-0.2, -0.15) is 0 Å². The number of anilines is 1. The molecule has 2 heterocycles. The lowest BCUT2D eigenvalue weighted by Gasteiger charge is -2.38. The molecule has 3 nitrogen and oxygen atoms in total. The zero-order valence-electron chi connectivity index (χ0n) is 11.7. The lowest BCUT2D eigenvalue weighted by atomic mass is 9.98. The van der Waals surface area contributed by atoms with Crippen LogP contribution in [-0.4, -0.2) is 24.1 Å². The largest absolute Gasteiger partial charge is 0.368 e. The Hall–Kier alpha value is -1.09. The van der Waals surface area contributed by atoms with E-state index in [1.807, 2.05) is 12.4 Å². The fourth-order valence-electron chi connectivity index (χ4n) is 2.84. The zero-order chi connectivity index (χ0) is 12.8. The number of piperidine rings is 1. The van der Waals surface area contributed by atoms with Crippen molar-refractivity contribution < 1.29 is 0 Å². The summed E-state index contributed by atoms with van der Waals surface area (Å²) >= 11 is 0. The van der Waals surface area contributed by atoms with Gasteiger partial charge in [-0.25, -0.2) is 0 Å². The molecule has 1 saturated heterocycles. The maximum absolute atomic E-state index is 4.28. The first kappa shape index (κ1) is 13.3. The van der Waals surface area contributed by atoms with E-state index < -0.39 is 0 Å². The molecule has 18 heavy (non-hydrogen) atoms. The van der Waals surface area contributed by atoms with Gasteiger partial charge in [-0.1, -0.05) is 13.8 Å². The predicted molar refractivity (Wildman–Crippen MR) is 76.9 cm³/mol. The van der Waals surface area contributed by atoms with Gasteiger partial charge in [0.25, 0.3) is 0 Å². The molecule has 0 aromatic carbocycles. The fraction of sp³-hybridized carbons (Fsp3) is 0.667. The molecule has 1 atom stereocenters. The van der Waals surface area contributed by atoms with Gasteiger partial charge in [-0.3, -0.25) is 4.98 Å². The van der Waals surface area contributed by atoms with Gasteiger partial charge in [-0.05, 0) is 38.3 Å². The first-order valence-corrected chi connectivity index (χ1v) is 7.27. The van der Waals surface area contributed by atoms with Gasteiger partial charge in [0.2, 0.25) is 0 Å². The minimum Gasteiger partial charge on any atom is -0.368 e. The molecule has 0 aliphatic carbocycles. The number of hydrogen-bond donors (Lipinski definition) is 1. The van der Waals surface area contributed by atoms with Crippen LogP contribution in [0.25, 0.3) is 0 Å². The van der Waals surface area contributed by atoms with E-state index >= 15 is 0 Å². The summed E-state index contributed by atoms with van der Waals surface area (Å²) in [7, 11) is 0. The first-order valence-electron chi connectivity index (χ1n) is 7.27. The lowest BCUT2D eigenvalue weighted by Crippen LogP contribution is -2.40. The van der Waals surface area contributed by atoms with E-state index in [9.17, 15) is 0 Å². The van der Waals surface area contributed by atoms with E-state index in [2.05, 4.69) is 35.1 Å². The van der Waals surface area contributed by atoms with Gasteiger partial charge in [0.05, 0.1) is 0 Å². The molecule has 1 fully saturated rings. The van der Waals surface area contributed by atoms with Crippen molar-refractivity contribution in [1.82, 2.24) is 10.3 Å². The van der Waals surface area contributed by atoms with E-state index in [1.165, 1.54) is 43.5 Å². The molecule has 1 aromatic heterocycles. The maximum Gasteiger partial charge on any atom is 0.0445 e. The lowest BCUT2D eigenvalue weighted by molar-refractivity contribution is 0.448. The summed E-state index contributed by atoms with van der Waals surface area (Å²) in [4.78, 5) is 6.87. The molecular weight excluding hydrogens is 222 g/mol. The molecule has 1 N–H and O–H groups in total. The molecule has 0 amide bonds. The highest BCUT2D eigenvalue weighted by atomic mass is 15.2. The van der Waals surface area contributed by atoms with Crippen molar-refractivity contribution in [3.8, 4) is 0 Å². The molecule has 1 unspecified atom stereocenters. The normalized spacial score (nSPS) is 20.1. The average Bonchev–Trinajstić information content (AvgIpc) is 2.45. The van der Waals surface area contributed by atoms with E-state index in [-0.39, 0.29) is 0 Å². The van der Waals surface area contributed by atoms with Gasteiger partial charge in [0.15, 0.2) is 0 Å². The van der Waals surface area contributed by atoms with Gasteiger partial charge in [0, 0.05) is 42.8 Å². The highest BCUT2D eigenvalue weighted by Crippen LogP contribution is 2.28. The second-order valence-electron chi connectivity index (χ2n) is 5.04. The van der Waals surface area contributed by atoms with Crippen molar-refractivity contribution in [2.45, 2.75) is 52.1 Å². The Bertz CT molecular complexity index is 365. The number of hydrogen-bond acceptors (Lipinski definition) is 3. The quantitative estimate of drug-likeness (QED) is 0.867. The van der Waals surface area contributed by atoms with Gasteiger partial charge in [0.1, 0.15) is 0 Å². The highest BCUT2D eigenvalue weighted by molar-refractivity contribution is 5.53. The minimum atomic E-state index is 0.710. The number of pyridine rings is 1. The zero-order valence-corrected chi connectivity index (χ0v) is 11.7. The smallest absolute Gasteiger partial charge is 0.0445 e. The van der Waals surface area contributed by atoms with Crippen molar-refractivity contribution in [1.29, 1.82) is 0 Å². The second-order valence-corrected chi connectivity index (χ2v) is 5.04. The van der Waals surface area contributed by atoms with Gasteiger partial charge < -0.3 is 10.2 Å². The van der Waals surface area contributed by atoms with Crippen LogP contribution in [0.4, 0.5) is 5.69 Å². The van der Waals surface area contributed by atoms with Gasteiger partial charge >= 0.3 is 0 Å². The SMILES string of the molecule is CCNCc1cnccc1N1CCCCC1CC. The molecule has 2 rings (SSSR count). The predicted octanol–water partition coefficient (Wildman–Crippen LogP) is 2.96. The third kappa shape index (κ3) is 3.02. The summed E-state index contributed by atoms with van der Waals surface area (Å²) in [5.74, 6) is 0. The molecule has 0 bridgehead atoms. The summed E-state index contributed by atoms with van der Waals surface area (Å²) in [6.45, 7) is 7.57. The Labute approximate surface area is 111 Å². The molecule has 0 radical (unpaired) electrons. The Morgan fingerprint density at radius 3 is 3.06 bits per heavy atom. The van der Waals surface area contributed by atoms with E-state index in [0.717, 1.165) is 13.1 Å². The summed E-state index contributed by atoms with van der Waals surface area (Å²) in [6.07, 6.45) is 9.20. The van der Waals surface area contributed by atoms with Gasteiger partial charge in [-0.15, -0.1) is 0 Å². The monoisotopic (exact) mass is 247 g/mol. The molecule has 0 saturated carbocycles. The summed E-state index contributed by atoms with van der Waals surface area (Å²) < 4.78 is 0. The Balaban J connectivity index is 2.19. The minimum absolute atomic E-state index is 0.710. The third-order valence-corrected chi connectivity index (χ3v) is 3.85. The van der Waals surface area contributed by atoms with Crippen LogP contribution >= 0.6 is 0 Å². The molecular formula is C15H25N3. The molecule has 1 aliphatic rings. The van der Waals surface area contributed by atoms with Crippen molar-refractivity contribution in [3.63, 3.8) is 0 Å². The van der Waals surface area contributed by atoms with Crippen molar-refractivity contribution in [2.75, 3.05) is 18.0 Å². The number of nitrogens with one attached hydrogen (secondary N) is 1. The maximum atomic E-state index is 4.28. The number of aromatic nitrogens is 1. The van der Waals surface area contributed by atoms with Crippen LogP contribution in [0.1, 0.15) is 45.1 Å². The van der Waals surface area contributed by atoms with Crippen LogP contribution in [-0.2, 0) is 6.54 Å². The van der Waals surface area contributed by atoms with Crippen LogP contribution in [0.15, 0.2) is 18.5 Å². The second kappa shape index (κ2) is 6.74. The summed E-state index contributed by atoms with van der Waals surface area (Å²) in [5.41, 5.74) is 2.72. The van der Waals surface area contributed by atoms with E-state index in [4.69, 9.17) is 0 Å². The molecule has 1 aliphatic heterocycles. The molecule has 1 aromatic rings. The van der Waals surface area contributed by atoms with Crippen molar-refractivity contribution >= 4 is 5.69 Å². The molecule has 3 heteroatoms. The Morgan fingerprint density at radius 2 is 2.28 bits per heavy atom. The molecule has 0 spiro atoms. The van der Waals surface area contributed by atoms with Crippen molar-refractivity contribution in [2.24, 2.45) is 0 Å². The van der Waals surface area contributed by atoms with Crippen LogP contribution in [0, 0.1) is 0 Å². The third-order valence-electron chi connectivity index (χ3n) is 3.85. The Morgan fingerprint density at radius 1 is 1.39 bits per heavy atom. The van der Waals surface area contributed by atoms with Crippen molar-refractivity contribution in [3.05, 3.63) is 24.0 Å². The Kier molecular flexibility index (Phi) is 5.00. The van der Waals surface area contributed by atoms with Crippen LogP contribution in [0.2, 0.25) is 0 Å². The summed E-state index contributed by atoms with van der Waals surface area (Å²) in [6, 6.07) is 2.89. The van der Waals surface area contributed by atoms with E-state index in [0.29, 0.717) is 6.04 Å².